The molecule has 0 radical (unpaired) electrons. The average Bonchev–Trinajstić information content (AvgIpc) is 2.25. The molecule has 0 aromatic rings. The quantitative estimate of drug-likeness (QED) is 0.654. The van der Waals surface area contributed by atoms with Crippen molar-refractivity contribution in [3.63, 3.8) is 0 Å². The number of carboxylic acid groups (broad SMARTS) is 1. The van der Waals surface area contributed by atoms with Gasteiger partial charge in [0, 0.05) is 12.6 Å². The van der Waals surface area contributed by atoms with Crippen molar-refractivity contribution in [3.8, 4) is 0 Å². The van der Waals surface area contributed by atoms with Crippen molar-refractivity contribution in [1.29, 1.82) is 0 Å². The van der Waals surface area contributed by atoms with Crippen molar-refractivity contribution in [3.05, 3.63) is 0 Å². The van der Waals surface area contributed by atoms with Crippen LogP contribution in [0.5, 0.6) is 0 Å². The van der Waals surface area contributed by atoms with E-state index in [1.54, 1.807) is 0 Å². The number of nitrogens with one attached hydrogen (secondary N) is 2. The van der Waals surface area contributed by atoms with Crippen LogP contribution in [0.25, 0.3) is 0 Å². The molecule has 1 rings (SSSR count). The SMILES string of the molecule is CN[C@H](CNC(=O)O)CC1CCCCC1. The van der Waals surface area contributed by atoms with Gasteiger partial charge in [-0.2, -0.15) is 0 Å². The standard InChI is InChI=1S/C11H22N2O2/c1-12-10(8-13-11(14)15)7-9-5-3-2-4-6-9/h9-10,12-13H,2-8H2,1H3,(H,14,15)/t10-/m0/s1. The highest BCUT2D eigenvalue weighted by molar-refractivity contribution is 5.64. The van der Waals surface area contributed by atoms with Gasteiger partial charge in [-0.1, -0.05) is 32.1 Å². The van der Waals surface area contributed by atoms with Crippen LogP contribution in [-0.4, -0.2) is 30.8 Å². The second-order valence-electron chi connectivity index (χ2n) is 4.41. The summed E-state index contributed by atoms with van der Waals surface area (Å²) in [5.41, 5.74) is 0. The molecule has 1 aliphatic carbocycles. The van der Waals surface area contributed by atoms with Crippen LogP contribution in [0, 0.1) is 5.92 Å². The van der Waals surface area contributed by atoms with Gasteiger partial charge in [-0.05, 0) is 19.4 Å². The van der Waals surface area contributed by atoms with Crippen molar-refractivity contribution < 1.29 is 9.90 Å². The maximum Gasteiger partial charge on any atom is 0.404 e. The Morgan fingerprint density at radius 3 is 2.60 bits per heavy atom. The van der Waals surface area contributed by atoms with Crippen LogP contribution in [0.15, 0.2) is 0 Å². The zero-order valence-corrected chi connectivity index (χ0v) is 9.46. The zero-order chi connectivity index (χ0) is 11.1. The largest absolute Gasteiger partial charge is 0.465 e. The first-order chi connectivity index (χ1) is 7.22. The Morgan fingerprint density at radius 2 is 2.07 bits per heavy atom. The highest BCUT2D eigenvalue weighted by Crippen LogP contribution is 2.27. The van der Waals surface area contributed by atoms with Gasteiger partial charge >= 0.3 is 6.09 Å². The fraction of sp³-hybridized carbons (Fsp3) is 0.909. The van der Waals surface area contributed by atoms with Gasteiger partial charge in [0.2, 0.25) is 0 Å². The Morgan fingerprint density at radius 1 is 1.40 bits per heavy atom. The van der Waals surface area contributed by atoms with E-state index in [1.165, 1.54) is 32.1 Å². The molecule has 1 saturated carbocycles. The summed E-state index contributed by atoms with van der Waals surface area (Å²) < 4.78 is 0. The summed E-state index contributed by atoms with van der Waals surface area (Å²) in [7, 11) is 1.90. The topological polar surface area (TPSA) is 61.4 Å². The minimum Gasteiger partial charge on any atom is -0.465 e. The predicted molar refractivity (Wildman–Crippen MR) is 60.1 cm³/mol. The number of amides is 1. The molecular formula is C11H22N2O2. The molecule has 1 atom stereocenters. The van der Waals surface area contributed by atoms with Crippen LogP contribution >= 0.6 is 0 Å². The van der Waals surface area contributed by atoms with Crippen molar-refractivity contribution in [2.75, 3.05) is 13.6 Å². The van der Waals surface area contributed by atoms with E-state index >= 15 is 0 Å². The van der Waals surface area contributed by atoms with E-state index in [0.29, 0.717) is 6.54 Å². The fourth-order valence-electron chi connectivity index (χ4n) is 2.34. The van der Waals surface area contributed by atoms with Crippen molar-refractivity contribution in [2.24, 2.45) is 5.92 Å². The molecule has 1 aliphatic rings. The fourth-order valence-corrected chi connectivity index (χ4v) is 2.34. The third-order valence-electron chi connectivity index (χ3n) is 3.25. The lowest BCUT2D eigenvalue weighted by Gasteiger charge is -2.26. The van der Waals surface area contributed by atoms with Gasteiger partial charge in [0.1, 0.15) is 0 Å². The molecule has 3 N–H and O–H groups in total. The minimum absolute atomic E-state index is 0.282. The van der Waals surface area contributed by atoms with Gasteiger partial charge < -0.3 is 15.7 Å². The van der Waals surface area contributed by atoms with Crippen LogP contribution in [-0.2, 0) is 0 Å². The highest BCUT2D eigenvalue weighted by Gasteiger charge is 2.18. The number of hydrogen-bond donors (Lipinski definition) is 3. The predicted octanol–water partition coefficient (Wildman–Crippen LogP) is 1.81. The molecule has 4 nitrogen and oxygen atoms in total. The number of likely N-dealkylation sites (N-methyl/N-ethyl adjacent to an activating group) is 1. The second kappa shape index (κ2) is 6.67. The molecule has 15 heavy (non-hydrogen) atoms. The van der Waals surface area contributed by atoms with Gasteiger partial charge in [0.25, 0.3) is 0 Å². The molecule has 0 aliphatic heterocycles. The van der Waals surface area contributed by atoms with Gasteiger partial charge in [-0.25, -0.2) is 4.79 Å². The first-order valence-electron chi connectivity index (χ1n) is 5.86. The lowest BCUT2D eigenvalue weighted by molar-refractivity contribution is 0.191. The molecule has 0 bridgehead atoms. The van der Waals surface area contributed by atoms with Crippen LogP contribution in [0.2, 0.25) is 0 Å². The molecule has 0 aromatic carbocycles. The van der Waals surface area contributed by atoms with Gasteiger partial charge in [0.15, 0.2) is 0 Å². The monoisotopic (exact) mass is 214 g/mol. The maximum absolute atomic E-state index is 10.4. The zero-order valence-electron chi connectivity index (χ0n) is 9.46. The number of rotatable bonds is 5. The Kier molecular flexibility index (Phi) is 5.47. The minimum atomic E-state index is -0.932. The van der Waals surface area contributed by atoms with E-state index in [2.05, 4.69) is 10.6 Å². The van der Waals surface area contributed by atoms with E-state index in [0.717, 1.165) is 12.3 Å². The molecule has 1 amide bonds. The number of carbonyl (C=O) groups is 1. The van der Waals surface area contributed by atoms with Crippen LogP contribution < -0.4 is 10.6 Å². The first kappa shape index (κ1) is 12.3. The van der Waals surface area contributed by atoms with Crippen LogP contribution in [0.3, 0.4) is 0 Å². The highest BCUT2D eigenvalue weighted by atomic mass is 16.4. The van der Waals surface area contributed by atoms with Gasteiger partial charge in [-0.15, -0.1) is 0 Å². The summed E-state index contributed by atoms with van der Waals surface area (Å²) in [6.45, 7) is 0.516. The third-order valence-corrected chi connectivity index (χ3v) is 3.25. The van der Waals surface area contributed by atoms with E-state index in [4.69, 9.17) is 5.11 Å². The molecule has 0 heterocycles. The summed E-state index contributed by atoms with van der Waals surface area (Å²) in [5, 5.41) is 14.1. The van der Waals surface area contributed by atoms with E-state index < -0.39 is 6.09 Å². The Bertz CT molecular complexity index is 191. The molecule has 1 fully saturated rings. The molecule has 0 spiro atoms. The maximum atomic E-state index is 10.4. The molecule has 4 heteroatoms. The molecule has 0 aromatic heterocycles. The molecular weight excluding hydrogens is 192 g/mol. The van der Waals surface area contributed by atoms with Crippen molar-refractivity contribution in [1.82, 2.24) is 10.6 Å². The first-order valence-corrected chi connectivity index (χ1v) is 5.86. The average molecular weight is 214 g/mol. The molecule has 0 saturated heterocycles. The van der Waals surface area contributed by atoms with Crippen LogP contribution in [0.1, 0.15) is 38.5 Å². The molecule has 0 unspecified atom stereocenters. The number of hydrogen-bond acceptors (Lipinski definition) is 2. The summed E-state index contributed by atoms with van der Waals surface area (Å²) in [5.74, 6) is 0.784. The van der Waals surface area contributed by atoms with E-state index in [-0.39, 0.29) is 6.04 Å². The van der Waals surface area contributed by atoms with Gasteiger partial charge in [-0.3, -0.25) is 0 Å². The summed E-state index contributed by atoms with van der Waals surface area (Å²) >= 11 is 0. The lowest BCUT2D eigenvalue weighted by atomic mass is 9.85. The smallest absolute Gasteiger partial charge is 0.404 e. The third kappa shape index (κ3) is 5.02. The summed E-state index contributed by atoms with van der Waals surface area (Å²) in [4.78, 5) is 10.4. The van der Waals surface area contributed by atoms with Gasteiger partial charge in [0.05, 0.1) is 0 Å². The Labute approximate surface area is 91.4 Å². The van der Waals surface area contributed by atoms with E-state index in [1.807, 2.05) is 7.05 Å². The van der Waals surface area contributed by atoms with Crippen LogP contribution in [0.4, 0.5) is 4.79 Å². The summed E-state index contributed by atoms with van der Waals surface area (Å²) in [6.07, 6.45) is 6.83. The Hall–Kier alpha value is -0.770. The van der Waals surface area contributed by atoms with Crippen molar-refractivity contribution in [2.45, 2.75) is 44.6 Å². The van der Waals surface area contributed by atoms with Crippen molar-refractivity contribution >= 4 is 6.09 Å². The van der Waals surface area contributed by atoms with E-state index in [9.17, 15) is 4.79 Å². The molecule has 88 valence electrons. The normalized spacial score (nSPS) is 19.8. The Balaban J connectivity index is 2.22. The summed E-state index contributed by atoms with van der Waals surface area (Å²) in [6, 6.07) is 0.282. The second-order valence-corrected chi connectivity index (χ2v) is 4.41. The lowest BCUT2D eigenvalue weighted by Crippen LogP contribution is -2.40.